The lowest BCUT2D eigenvalue weighted by atomic mass is 9.81. The van der Waals surface area contributed by atoms with E-state index in [0.717, 1.165) is 24.9 Å². The summed E-state index contributed by atoms with van der Waals surface area (Å²) in [4.78, 5) is 66.2. The zero-order valence-electron chi connectivity index (χ0n) is 36.4. The molecule has 2 aromatic rings. The molecular formula is C44H60F2N6O9S. The van der Waals surface area contributed by atoms with Gasteiger partial charge in [-0.05, 0) is 77.2 Å². The van der Waals surface area contributed by atoms with E-state index in [9.17, 15) is 27.9 Å². The molecule has 4 amide bonds. The molecule has 18 heteroatoms. The minimum Gasteiger partial charge on any atom is -0.472 e. The van der Waals surface area contributed by atoms with Gasteiger partial charge in [0.05, 0.1) is 36.4 Å². The number of sulfonamides is 1. The topological polar surface area (TPSA) is 188 Å². The fourth-order valence-corrected chi connectivity index (χ4v) is 10.6. The number of carbonyl (C=O) groups excluding carboxylic acids is 3. The summed E-state index contributed by atoms with van der Waals surface area (Å²) in [5.74, 6) is -7.27. The molecule has 7 atom stereocenters. The first-order chi connectivity index (χ1) is 29.1. The van der Waals surface area contributed by atoms with Gasteiger partial charge in [0.1, 0.15) is 29.3 Å². The molecule has 3 N–H and O–H groups in total. The van der Waals surface area contributed by atoms with Gasteiger partial charge in [-0.1, -0.05) is 50.6 Å². The fraction of sp³-hybridized carbons (Fsp3) is 0.659. The Bertz CT molecular complexity index is 2210. The second kappa shape index (κ2) is 16.8. The second-order valence-corrected chi connectivity index (χ2v) is 21.0. The number of hydrogen-bond acceptors (Lipinski definition) is 10. The first-order valence-corrected chi connectivity index (χ1v) is 23.3. The smallest absolute Gasteiger partial charge is 0.408 e. The highest BCUT2D eigenvalue weighted by Crippen LogP contribution is 2.48. The van der Waals surface area contributed by atoms with Crippen LogP contribution in [0.1, 0.15) is 92.9 Å². The number of allylic oxidation sites excluding steroid dienone is 1. The third kappa shape index (κ3) is 8.57. The predicted molar refractivity (Wildman–Crippen MR) is 227 cm³/mol. The number of carboxylic acid groups (broad SMARTS) is 1. The van der Waals surface area contributed by atoms with E-state index in [1.807, 2.05) is 37.3 Å². The number of alkyl halides is 2. The van der Waals surface area contributed by atoms with E-state index in [-0.39, 0.29) is 37.6 Å². The molecule has 2 saturated carbocycles. The van der Waals surface area contributed by atoms with Crippen LogP contribution in [0.2, 0.25) is 0 Å². The number of halogens is 2. The lowest BCUT2D eigenvalue weighted by Gasteiger charge is -2.47. The first kappa shape index (κ1) is 45.4. The van der Waals surface area contributed by atoms with E-state index < -0.39 is 85.6 Å². The van der Waals surface area contributed by atoms with Crippen molar-refractivity contribution in [2.75, 3.05) is 37.7 Å². The van der Waals surface area contributed by atoms with Crippen molar-refractivity contribution in [3.63, 3.8) is 0 Å². The van der Waals surface area contributed by atoms with Gasteiger partial charge in [0.15, 0.2) is 0 Å². The average Bonchev–Trinajstić information content (AvgIpc) is 4.10. The van der Waals surface area contributed by atoms with E-state index in [0.29, 0.717) is 75.6 Å². The summed E-state index contributed by atoms with van der Waals surface area (Å²) in [6.07, 6.45) is 5.20. The van der Waals surface area contributed by atoms with Crippen molar-refractivity contribution in [2.45, 2.75) is 133 Å². The molecule has 340 valence electrons. The molecule has 62 heavy (non-hydrogen) atoms. The van der Waals surface area contributed by atoms with Gasteiger partial charge in [-0.3, -0.25) is 24.0 Å². The van der Waals surface area contributed by atoms with Gasteiger partial charge in [-0.2, -0.15) is 0 Å². The summed E-state index contributed by atoms with van der Waals surface area (Å²) in [6, 6.07) is 4.52. The number of ether oxygens (including phenoxy) is 2. The molecule has 0 bridgehead atoms. The molecule has 0 radical (unpaired) electrons. The molecule has 15 nitrogen and oxygen atoms in total. The Kier molecular flexibility index (Phi) is 12.3. The number of hydrogen-bond donors (Lipinski definition) is 3. The molecule has 0 spiro atoms. The SMILES string of the molecule is CC[C@@H]1C[C@@H](C)CC/C=C\[C@@H]2C[C@@]2(C(=O)NS(=O)(=O)C2(C)CC2)NC(=O)[C@@H]2C[C@@H](Oc3ncc(N4CCOCC4)c4ccccc34)CN2C(=O)[C@H]1N(C(=O)O)C(C)(C)C(C)(F)F. The van der Waals surface area contributed by atoms with Crippen molar-refractivity contribution in [3.05, 3.63) is 42.6 Å². The van der Waals surface area contributed by atoms with Gasteiger partial charge in [-0.15, -0.1) is 0 Å². The van der Waals surface area contributed by atoms with Crippen LogP contribution in [0.15, 0.2) is 42.6 Å². The Morgan fingerprint density at radius 2 is 1.79 bits per heavy atom. The molecule has 5 aliphatic rings. The second-order valence-electron chi connectivity index (χ2n) is 18.8. The average molecular weight is 887 g/mol. The summed E-state index contributed by atoms with van der Waals surface area (Å²) in [6.45, 7) is 10.3. The number of nitrogens with zero attached hydrogens (tertiary/aromatic N) is 4. The number of nitrogens with one attached hydrogen (secondary N) is 2. The van der Waals surface area contributed by atoms with Gasteiger partial charge in [-0.25, -0.2) is 27.0 Å². The van der Waals surface area contributed by atoms with Gasteiger partial charge in [0, 0.05) is 43.1 Å². The monoisotopic (exact) mass is 886 g/mol. The number of benzene rings is 1. The van der Waals surface area contributed by atoms with E-state index in [1.54, 1.807) is 26.1 Å². The third-order valence-corrected chi connectivity index (χ3v) is 16.3. The maximum atomic E-state index is 15.5. The fourth-order valence-electron chi connectivity index (χ4n) is 9.31. The zero-order chi connectivity index (χ0) is 45.0. The normalized spacial score (nSPS) is 29.9. The van der Waals surface area contributed by atoms with Crippen molar-refractivity contribution in [2.24, 2.45) is 17.8 Å². The molecule has 2 aliphatic carbocycles. The van der Waals surface area contributed by atoms with Crippen LogP contribution in [0.5, 0.6) is 5.88 Å². The minimum absolute atomic E-state index is 0.0902. The third-order valence-electron chi connectivity index (χ3n) is 14.1. The van der Waals surface area contributed by atoms with Crippen LogP contribution in [0, 0.1) is 17.8 Å². The molecule has 3 aliphatic heterocycles. The molecule has 1 aromatic carbocycles. The zero-order valence-corrected chi connectivity index (χ0v) is 37.2. The number of fused-ring (bicyclic) bond motifs is 3. The maximum Gasteiger partial charge on any atom is 0.408 e. The molecule has 7 rings (SSSR count). The number of pyridine rings is 1. The molecule has 2 saturated heterocycles. The highest BCUT2D eigenvalue weighted by atomic mass is 32.2. The van der Waals surface area contributed by atoms with Crippen LogP contribution in [-0.2, 0) is 29.1 Å². The van der Waals surface area contributed by atoms with Crippen LogP contribution in [0.25, 0.3) is 10.8 Å². The standard InChI is InChI=1S/C44H60F2N6O9S/c1-7-28-22-27(2)12-8-9-13-29-24-44(29,39(55)49-62(58,59)42(5)16-17-42)48-36(53)33-23-30(26-51(33)38(54)35(28)52(40(56)57)41(3,4)43(6,45)46)61-37-32-15-11-10-14-31(32)34(25-47-37)50-18-20-60-21-19-50/h9-11,13-15,25,27-30,33,35H,7-8,12,16-24,26H2,1-6H3,(H,48,53)(H,49,55)(H,56,57)/b13-9-/t27-,28+,29+,30+,33-,35-,44+/m0/s1. The highest BCUT2D eigenvalue weighted by Gasteiger charge is 2.63. The van der Waals surface area contributed by atoms with Crippen LogP contribution in [-0.4, -0.2) is 125 Å². The largest absolute Gasteiger partial charge is 0.472 e. The molecule has 1 aromatic heterocycles. The quantitative estimate of drug-likeness (QED) is 0.257. The molecular weight excluding hydrogens is 827 g/mol. The molecule has 0 unspecified atom stereocenters. The predicted octanol–water partition coefficient (Wildman–Crippen LogP) is 5.48. The highest BCUT2D eigenvalue weighted by molar-refractivity contribution is 7.91. The van der Waals surface area contributed by atoms with Gasteiger partial charge in [0.25, 0.3) is 11.8 Å². The molecule has 4 heterocycles. The van der Waals surface area contributed by atoms with Crippen molar-refractivity contribution in [1.29, 1.82) is 0 Å². The summed E-state index contributed by atoms with van der Waals surface area (Å²) in [7, 11) is -4.09. The van der Waals surface area contributed by atoms with Crippen LogP contribution in [0.4, 0.5) is 19.3 Å². The number of carbonyl (C=O) groups is 4. The summed E-state index contributed by atoms with van der Waals surface area (Å²) < 4.78 is 70.9. The number of aromatic nitrogens is 1. The van der Waals surface area contributed by atoms with Gasteiger partial charge < -0.3 is 29.7 Å². The Balaban J connectivity index is 1.30. The van der Waals surface area contributed by atoms with Gasteiger partial charge >= 0.3 is 6.09 Å². The maximum absolute atomic E-state index is 15.5. The molecule has 4 fully saturated rings. The van der Waals surface area contributed by atoms with Crippen molar-refractivity contribution < 1.29 is 51.0 Å². The van der Waals surface area contributed by atoms with Crippen LogP contribution >= 0.6 is 0 Å². The summed E-state index contributed by atoms with van der Waals surface area (Å²) in [5, 5.41) is 15.1. The van der Waals surface area contributed by atoms with E-state index in [2.05, 4.69) is 14.9 Å². The number of morpholine rings is 1. The number of amides is 4. The van der Waals surface area contributed by atoms with E-state index >= 15 is 13.6 Å². The van der Waals surface area contributed by atoms with Crippen LogP contribution in [0.3, 0.4) is 0 Å². The lowest BCUT2D eigenvalue weighted by molar-refractivity contribution is -0.157. The first-order valence-electron chi connectivity index (χ1n) is 21.8. The summed E-state index contributed by atoms with van der Waals surface area (Å²) in [5.41, 5.74) is -3.15. The van der Waals surface area contributed by atoms with Crippen molar-refractivity contribution in [3.8, 4) is 5.88 Å². The number of rotatable bonds is 10. The Labute approximate surface area is 362 Å². The van der Waals surface area contributed by atoms with Crippen molar-refractivity contribution >= 4 is 50.3 Å². The van der Waals surface area contributed by atoms with Crippen LogP contribution < -0.4 is 19.7 Å². The Hall–Kier alpha value is -4.58. The van der Waals surface area contributed by atoms with E-state index in [1.165, 1.54) is 4.90 Å². The summed E-state index contributed by atoms with van der Waals surface area (Å²) >= 11 is 0. The van der Waals surface area contributed by atoms with Gasteiger partial charge in [0.2, 0.25) is 27.7 Å². The van der Waals surface area contributed by atoms with Crippen molar-refractivity contribution in [1.82, 2.24) is 24.8 Å². The lowest BCUT2D eigenvalue weighted by Crippen LogP contribution is -2.67. The Morgan fingerprint density at radius 3 is 2.42 bits per heavy atom. The number of anilines is 1. The minimum atomic E-state index is -4.09. The Morgan fingerprint density at radius 1 is 1.11 bits per heavy atom. The van der Waals surface area contributed by atoms with E-state index in [4.69, 9.17) is 14.5 Å².